The van der Waals surface area contributed by atoms with E-state index in [1.807, 2.05) is 20.0 Å². The summed E-state index contributed by atoms with van der Waals surface area (Å²) in [6, 6.07) is 7.60. The molecule has 0 saturated heterocycles. The first-order valence-electron chi connectivity index (χ1n) is 5.31. The highest BCUT2D eigenvalue weighted by atomic mass is 79.9. The zero-order chi connectivity index (χ0) is 12.4. The van der Waals surface area contributed by atoms with Crippen molar-refractivity contribution < 1.29 is 4.39 Å². The van der Waals surface area contributed by atoms with Gasteiger partial charge in [0.15, 0.2) is 0 Å². The van der Waals surface area contributed by atoms with Crippen molar-refractivity contribution in [2.75, 3.05) is 7.05 Å². The van der Waals surface area contributed by atoms with Gasteiger partial charge in [0, 0.05) is 16.3 Å². The number of rotatable bonds is 3. The summed E-state index contributed by atoms with van der Waals surface area (Å²) in [6.07, 6.45) is 0. The summed E-state index contributed by atoms with van der Waals surface area (Å²) in [7, 11) is 1.93. The number of thiophene rings is 1. The van der Waals surface area contributed by atoms with Crippen molar-refractivity contribution in [3.8, 4) is 10.4 Å². The van der Waals surface area contributed by atoms with Crippen molar-refractivity contribution in [1.29, 1.82) is 0 Å². The second kappa shape index (κ2) is 5.29. The molecule has 0 radical (unpaired) electrons. The highest BCUT2D eigenvalue weighted by Gasteiger charge is 2.09. The maximum Gasteiger partial charge on any atom is 0.137 e. The van der Waals surface area contributed by atoms with Crippen LogP contribution >= 0.6 is 27.3 Å². The maximum atomic E-state index is 13.3. The molecule has 2 rings (SSSR count). The Bertz CT molecular complexity index is 536. The molecule has 0 unspecified atom stereocenters. The van der Waals surface area contributed by atoms with Crippen LogP contribution in [-0.4, -0.2) is 7.05 Å². The van der Waals surface area contributed by atoms with E-state index >= 15 is 0 Å². The minimum Gasteiger partial charge on any atom is -0.315 e. The molecule has 0 atom stereocenters. The van der Waals surface area contributed by atoms with Crippen LogP contribution < -0.4 is 5.32 Å². The summed E-state index contributed by atoms with van der Waals surface area (Å²) < 4.78 is 13.9. The molecule has 1 heterocycles. The quantitative estimate of drug-likeness (QED) is 0.888. The van der Waals surface area contributed by atoms with Gasteiger partial charge >= 0.3 is 0 Å². The summed E-state index contributed by atoms with van der Waals surface area (Å²) in [5.41, 5.74) is 2.05. The van der Waals surface area contributed by atoms with Crippen molar-refractivity contribution in [3.63, 3.8) is 0 Å². The van der Waals surface area contributed by atoms with E-state index in [4.69, 9.17) is 0 Å². The van der Waals surface area contributed by atoms with Crippen molar-refractivity contribution in [3.05, 3.63) is 45.0 Å². The standard InChI is InChI=1S/C13H13BrFNS/c1-8-5-12(15)11(14)6-10(8)13-4-3-9(17-13)7-16-2/h3-6,16H,7H2,1-2H3. The first kappa shape index (κ1) is 12.7. The first-order valence-corrected chi connectivity index (χ1v) is 6.92. The molecule has 17 heavy (non-hydrogen) atoms. The van der Waals surface area contributed by atoms with Crippen molar-refractivity contribution in [2.45, 2.75) is 13.5 Å². The van der Waals surface area contributed by atoms with Gasteiger partial charge in [-0.25, -0.2) is 4.39 Å². The molecule has 1 N–H and O–H groups in total. The van der Waals surface area contributed by atoms with Crippen molar-refractivity contribution in [1.82, 2.24) is 5.32 Å². The molecule has 1 aromatic carbocycles. The van der Waals surface area contributed by atoms with Crippen LogP contribution in [0.5, 0.6) is 0 Å². The van der Waals surface area contributed by atoms with E-state index in [-0.39, 0.29) is 5.82 Å². The van der Waals surface area contributed by atoms with E-state index in [1.54, 1.807) is 17.4 Å². The largest absolute Gasteiger partial charge is 0.315 e. The van der Waals surface area contributed by atoms with Gasteiger partial charge in [0.2, 0.25) is 0 Å². The molecular weight excluding hydrogens is 301 g/mol. The zero-order valence-corrected chi connectivity index (χ0v) is 12.1. The predicted octanol–water partition coefficient (Wildman–Crippen LogP) is 4.34. The molecule has 4 heteroatoms. The van der Waals surface area contributed by atoms with E-state index in [0.717, 1.165) is 17.7 Å². The van der Waals surface area contributed by atoms with Gasteiger partial charge in [-0.05, 0) is 65.3 Å². The molecule has 2 aromatic rings. The molecule has 90 valence electrons. The van der Waals surface area contributed by atoms with E-state index in [9.17, 15) is 4.39 Å². The van der Waals surface area contributed by atoms with Gasteiger partial charge in [-0.15, -0.1) is 11.3 Å². The predicted molar refractivity (Wildman–Crippen MR) is 74.9 cm³/mol. The van der Waals surface area contributed by atoms with Gasteiger partial charge in [-0.3, -0.25) is 0 Å². The minimum absolute atomic E-state index is 0.210. The van der Waals surface area contributed by atoms with Crippen LogP contribution in [0.3, 0.4) is 0 Å². The van der Waals surface area contributed by atoms with Crippen LogP contribution in [0.1, 0.15) is 10.4 Å². The molecule has 0 bridgehead atoms. The second-order valence-electron chi connectivity index (χ2n) is 3.88. The van der Waals surface area contributed by atoms with Crippen LogP contribution in [0.2, 0.25) is 0 Å². The van der Waals surface area contributed by atoms with Crippen LogP contribution in [0.15, 0.2) is 28.7 Å². The van der Waals surface area contributed by atoms with Crippen molar-refractivity contribution >= 4 is 27.3 Å². The minimum atomic E-state index is -0.210. The third kappa shape index (κ3) is 2.76. The maximum absolute atomic E-state index is 13.3. The third-order valence-corrected chi connectivity index (χ3v) is 4.27. The molecule has 1 nitrogen and oxygen atoms in total. The van der Waals surface area contributed by atoms with Gasteiger partial charge in [0.25, 0.3) is 0 Å². The Labute approximate surface area is 113 Å². The van der Waals surface area contributed by atoms with Crippen LogP contribution in [-0.2, 0) is 6.54 Å². The van der Waals surface area contributed by atoms with E-state index in [2.05, 4.69) is 33.4 Å². The molecular formula is C13H13BrFNS. The third-order valence-electron chi connectivity index (χ3n) is 2.55. The molecule has 0 fully saturated rings. The summed E-state index contributed by atoms with van der Waals surface area (Å²) in [4.78, 5) is 2.45. The molecule has 0 aliphatic heterocycles. The fourth-order valence-corrected chi connectivity index (χ4v) is 3.15. The average Bonchev–Trinajstić information content (AvgIpc) is 2.72. The lowest BCUT2D eigenvalue weighted by atomic mass is 10.1. The van der Waals surface area contributed by atoms with Crippen molar-refractivity contribution in [2.24, 2.45) is 0 Å². The Morgan fingerprint density at radius 2 is 2.12 bits per heavy atom. The van der Waals surface area contributed by atoms with E-state index < -0.39 is 0 Å². The van der Waals surface area contributed by atoms with Gasteiger partial charge in [-0.2, -0.15) is 0 Å². The molecule has 1 aromatic heterocycles. The summed E-state index contributed by atoms with van der Waals surface area (Å²) in [5.74, 6) is -0.210. The second-order valence-corrected chi connectivity index (χ2v) is 5.90. The SMILES string of the molecule is CNCc1ccc(-c2cc(Br)c(F)cc2C)s1. The summed E-state index contributed by atoms with van der Waals surface area (Å²) in [5, 5.41) is 3.13. The Morgan fingerprint density at radius 3 is 2.82 bits per heavy atom. The molecule has 0 aliphatic carbocycles. The number of hydrogen-bond donors (Lipinski definition) is 1. The number of halogens is 2. The topological polar surface area (TPSA) is 12.0 Å². The van der Waals surface area contributed by atoms with Crippen LogP contribution in [0.25, 0.3) is 10.4 Å². The fourth-order valence-electron chi connectivity index (χ4n) is 1.70. The summed E-state index contributed by atoms with van der Waals surface area (Å²) in [6.45, 7) is 2.80. The smallest absolute Gasteiger partial charge is 0.137 e. The van der Waals surface area contributed by atoms with Gasteiger partial charge < -0.3 is 5.32 Å². The Morgan fingerprint density at radius 1 is 1.35 bits per heavy atom. The zero-order valence-electron chi connectivity index (χ0n) is 9.68. The number of nitrogens with one attached hydrogen (secondary N) is 1. The lowest BCUT2D eigenvalue weighted by molar-refractivity contribution is 0.620. The Hall–Kier alpha value is -0.710. The Kier molecular flexibility index (Phi) is 3.97. The van der Waals surface area contributed by atoms with E-state index in [0.29, 0.717) is 4.47 Å². The lowest BCUT2D eigenvalue weighted by Crippen LogP contribution is -2.02. The molecule has 0 amide bonds. The fraction of sp³-hybridized carbons (Fsp3) is 0.231. The number of aryl methyl sites for hydroxylation is 1. The highest BCUT2D eigenvalue weighted by molar-refractivity contribution is 9.10. The number of hydrogen-bond acceptors (Lipinski definition) is 2. The highest BCUT2D eigenvalue weighted by Crippen LogP contribution is 2.33. The molecule has 0 saturated carbocycles. The van der Waals surface area contributed by atoms with Crippen LogP contribution in [0, 0.1) is 12.7 Å². The van der Waals surface area contributed by atoms with Crippen LogP contribution in [0.4, 0.5) is 4.39 Å². The van der Waals surface area contributed by atoms with Gasteiger partial charge in [-0.1, -0.05) is 0 Å². The monoisotopic (exact) mass is 313 g/mol. The first-order chi connectivity index (χ1) is 8.11. The van der Waals surface area contributed by atoms with E-state index in [1.165, 1.54) is 9.75 Å². The lowest BCUT2D eigenvalue weighted by Gasteiger charge is -2.05. The molecule has 0 spiro atoms. The summed E-state index contributed by atoms with van der Waals surface area (Å²) >= 11 is 4.97. The average molecular weight is 314 g/mol. The van der Waals surface area contributed by atoms with Gasteiger partial charge in [0.05, 0.1) is 4.47 Å². The molecule has 0 aliphatic rings. The Balaban J connectivity index is 2.41. The van der Waals surface area contributed by atoms with Gasteiger partial charge in [0.1, 0.15) is 5.82 Å². The number of benzene rings is 1. The normalized spacial score (nSPS) is 10.8.